The summed E-state index contributed by atoms with van der Waals surface area (Å²) in [5, 5.41) is 0. The Bertz CT molecular complexity index is 532. The van der Waals surface area contributed by atoms with Crippen LogP contribution in [0.4, 0.5) is 0 Å². The molecule has 1 heteroatoms. The van der Waals surface area contributed by atoms with Gasteiger partial charge in [-0.05, 0) is 74.5 Å². The second-order valence-electron chi connectivity index (χ2n) is 9.51. The molecule has 0 aromatic heterocycles. The summed E-state index contributed by atoms with van der Waals surface area (Å²) in [6.07, 6.45) is 15.4. The molecule has 4 aliphatic carbocycles. The SMILES string of the molecule is CCC[C@@H]1C[C@H]2[C@@H]3CC=C4CCCC[C@]4(C)[C@H]3CC[C@]2(C)C1=O. The van der Waals surface area contributed by atoms with Gasteiger partial charge in [0.05, 0.1) is 0 Å². The highest BCUT2D eigenvalue weighted by Crippen LogP contribution is 2.64. The van der Waals surface area contributed by atoms with Crippen LogP contribution in [0.5, 0.6) is 0 Å². The van der Waals surface area contributed by atoms with Gasteiger partial charge in [0.15, 0.2) is 0 Å². The van der Waals surface area contributed by atoms with E-state index in [0.717, 1.165) is 24.7 Å². The number of carbonyl (C=O) groups excluding carboxylic acids is 1. The Hall–Kier alpha value is -0.590. The fourth-order valence-electron chi connectivity index (χ4n) is 7.24. The van der Waals surface area contributed by atoms with Crippen molar-refractivity contribution in [2.75, 3.05) is 0 Å². The van der Waals surface area contributed by atoms with Crippen molar-refractivity contribution < 1.29 is 4.79 Å². The molecule has 0 aliphatic heterocycles. The predicted molar refractivity (Wildman–Crippen MR) is 95.1 cm³/mol. The maximum atomic E-state index is 13.1. The topological polar surface area (TPSA) is 17.1 Å². The molecule has 0 aromatic carbocycles. The Morgan fingerprint density at radius 2 is 1.96 bits per heavy atom. The summed E-state index contributed by atoms with van der Waals surface area (Å²) in [5.41, 5.74) is 2.26. The molecule has 3 fully saturated rings. The molecule has 0 heterocycles. The minimum absolute atomic E-state index is 0.0113. The summed E-state index contributed by atoms with van der Waals surface area (Å²) in [7, 11) is 0. The van der Waals surface area contributed by atoms with Gasteiger partial charge in [-0.15, -0.1) is 0 Å². The minimum atomic E-state index is 0.0113. The Balaban J connectivity index is 1.66. The van der Waals surface area contributed by atoms with Crippen LogP contribution in [0.3, 0.4) is 0 Å². The van der Waals surface area contributed by atoms with E-state index in [1.807, 2.05) is 0 Å². The third-order valence-electron chi connectivity index (χ3n) is 8.52. The van der Waals surface area contributed by atoms with E-state index in [9.17, 15) is 4.79 Å². The lowest BCUT2D eigenvalue weighted by atomic mass is 9.48. The first kappa shape index (κ1) is 15.9. The monoisotopic (exact) mass is 314 g/mol. The number of rotatable bonds is 2. The first-order valence-corrected chi connectivity index (χ1v) is 10.2. The number of hydrogen-bond acceptors (Lipinski definition) is 1. The second-order valence-corrected chi connectivity index (χ2v) is 9.51. The van der Waals surface area contributed by atoms with Gasteiger partial charge in [0.1, 0.15) is 5.78 Å². The van der Waals surface area contributed by atoms with Crippen molar-refractivity contribution in [3.05, 3.63) is 11.6 Å². The van der Waals surface area contributed by atoms with Gasteiger partial charge in [-0.1, -0.05) is 45.3 Å². The molecule has 128 valence electrons. The number of allylic oxidation sites excluding steroid dienone is 2. The molecule has 4 aliphatic rings. The molecule has 1 nitrogen and oxygen atoms in total. The van der Waals surface area contributed by atoms with Crippen molar-refractivity contribution in [3.63, 3.8) is 0 Å². The predicted octanol–water partition coefficient (Wildman–Crippen LogP) is 5.93. The highest BCUT2D eigenvalue weighted by molar-refractivity contribution is 5.89. The van der Waals surface area contributed by atoms with Gasteiger partial charge in [0, 0.05) is 11.3 Å². The number of ketones is 1. The maximum absolute atomic E-state index is 13.1. The molecule has 0 aromatic rings. The van der Waals surface area contributed by atoms with Crippen LogP contribution in [0, 0.1) is 34.5 Å². The number of fused-ring (bicyclic) bond motifs is 5. The van der Waals surface area contributed by atoms with Crippen LogP contribution in [0.1, 0.15) is 85.0 Å². The third-order valence-corrected chi connectivity index (χ3v) is 8.52. The van der Waals surface area contributed by atoms with Crippen LogP contribution in [-0.2, 0) is 4.79 Å². The lowest BCUT2D eigenvalue weighted by Gasteiger charge is -2.56. The summed E-state index contributed by atoms with van der Waals surface area (Å²) in [5.74, 6) is 3.31. The zero-order chi connectivity index (χ0) is 16.2. The normalized spacial score (nSPS) is 49.2. The summed E-state index contributed by atoms with van der Waals surface area (Å²) in [6, 6.07) is 0. The van der Waals surface area contributed by atoms with Crippen LogP contribution >= 0.6 is 0 Å². The van der Waals surface area contributed by atoms with E-state index >= 15 is 0 Å². The van der Waals surface area contributed by atoms with Crippen molar-refractivity contribution in [1.82, 2.24) is 0 Å². The summed E-state index contributed by atoms with van der Waals surface area (Å²) < 4.78 is 0. The molecular formula is C22H34O. The highest BCUT2D eigenvalue weighted by Gasteiger charge is 2.60. The molecule has 0 spiro atoms. The zero-order valence-corrected chi connectivity index (χ0v) is 15.4. The van der Waals surface area contributed by atoms with Gasteiger partial charge in [0.25, 0.3) is 0 Å². The second kappa shape index (κ2) is 5.46. The summed E-state index contributed by atoms with van der Waals surface area (Å²) >= 11 is 0. The summed E-state index contributed by atoms with van der Waals surface area (Å²) in [4.78, 5) is 13.1. The largest absolute Gasteiger partial charge is 0.299 e. The van der Waals surface area contributed by atoms with E-state index in [-0.39, 0.29) is 5.41 Å². The van der Waals surface area contributed by atoms with Crippen molar-refractivity contribution in [1.29, 1.82) is 0 Å². The van der Waals surface area contributed by atoms with E-state index in [1.54, 1.807) is 5.57 Å². The molecule has 0 amide bonds. The van der Waals surface area contributed by atoms with E-state index in [4.69, 9.17) is 0 Å². The van der Waals surface area contributed by atoms with Gasteiger partial charge in [0.2, 0.25) is 0 Å². The van der Waals surface area contributed by atoms with Crippen molar-refractivity contribution in [2.45, 2.75) is 85.0 Å². The fraction of sp³-hybridized carbons (Fsp3) is 0.864. The molecule has 0 saturated heterocycles. The molecule has 3 saturated carbocycles. The van der Waals surface area contributed by atoms with Crippen molar-refractivity contribution >= 4 is 5.78 Å². The first-order chi connectivity index (χ1) is 11.0. The maximum Gasteiger partial charge on any atom is 0.142 e. The van der Waals surface area contributed by atoms with Crippen LogP contribution in [0.25, 0.3) is 0 Å². The fourth-order valence-corrected chi connectivity index (χ4v) is 7.24. The van der Waals surface area contributed by atoms with E-state index in [2.05, 4.69) is 26.8 Å². The van der Waals surface area contributed by atoms with Crippen molar-refractivity contribution in [2.24, 2.45) is 34.5 Å². The highest BCUT2D eigenvalue weighted by atomic mass is 16.1. The van der Waals surface area contributed by atoms with Gasteiger partial charge >= 0.3 is 0 Å². The van der Waals surface area contributed by atoms with Gasteiger partial charge in [-0.3, -0.25) is 4.79 Å². The van der Waals surface area contributed by atoms with Crippen LogP contribution in [-0.4, -0.2) is 5.78 Å². The molecular weight excluding hydrogens is 280 g/mol. The van der Waals surface area contributed by atoms with Crippen molar-refractivity contribution in [3.8, 4) is 0 Å². The molecule has 6 atom stereocenters. The van der Waals surface area contributed by atoms with E-state index in [0.29, 0.717) is 23.0 Å². The minimum Gasteiger partial charge on any atom is -0.299 e. The smallest absolute Gasteiger partial charge is 0.142 e. The Morgan fingerprint density at radius 3 is 2.74 bits per heavy atom. The first-order valence-electron chi connectivity index (χ1n) is 10.2. The average molecular weight is 315 g/mol. The van der Waals surface area contributed by atoms with Crippen LogP contribution < -0.4 is 0 Å². The van der Waals surface area contributed by atoms with Gasteiger partial charge in [-0.2, -0.15) is 0 Å². The average Bonchev–Trinajstić information content (AvgIpc) is 2.79. The molecule has 0 radical (unpaired) electrons. The molecule has 0 bridgehead atoms. The number of carbonyl (C=O) groups is 1. The van der Waals surface area contributed by atoms with Gasteiger partial charge in [-0.25, -0.2) is 0 Å². The molecule has 23 heavy (non-hydrogen) atoms. The lowest BCUT2D eigenvalue weighted by Crippen LogP contribution is -2.49. The Kier molecular flexibility index (Phi) is 3.78. The van der Waals surface area contributed by atoms with E-state index in [1.165, 1.54) is 51.4 Å². The molecule has 0 unspecified atom stereocenters. The molecule has 4 rings (SSSR count). The van der Waals surface area contributed by atoms with E-state index < -0.39 is 0 Å². The number of Topliss-reactive ketones (excluding diaryl/α,β-unsaturated/α-hetero) is 1. The zero-order valence-electron chi connectivity index (χ0n) is 15.4. The standard InChI is InChI=1S/C22H34O/c1-4-7-15-14-19-17-10-9-16-8-5-6-12-21(16,2)18(17)11-13-22(19,3)20(15)23/h9,15,17-19H,4-8,10-14H2,1-3H3/t15-,17-,18+,19+,21+,22+/m1/s1. The Morgan fingerprint density at radius 1 is 1.13 bits per heavy atom. The Labute approximate surface area is 142 Å². The summed E-state index contributed by atoms with van der Waals surface area (Å²) in [6.45, 7) is 7.13. The number of hydrogen-bond donors (Lipinski definition) is 0. The lowest BCUT2D eigenvalue weighted by molar-refractivity contribution is -0.134. The third kappa shape index (κ3) is 2.14. The van der Waals surface area contributed by atoms with Gasteiger partial charge < -0.3 is 0 Å². The molecule has 0 N–H and O–H groups in total. The quantitative estimate of drug-likeness (QED) is 0.577. The van der Waals surface area contributed by atoms with Crippen LogP contribution in [0.15, 0.2) is 11.6 Å². The van der Waals surface area contributed by atoms with Crippen LogP contribution in [0.2, 0.25) is 0 Å².